The summed E-state index contributed by atoms with van der Waals surface area (Å²) in [6.07, 6.45) is 1.72. The Morgan fingerprint density at radius 2 is 1.95 bits per heavy atom. The zero-order valence-corrected chi connectivity index (χ0v) is 12.2. The molecule has 20 heavy (non-hydrogen) atoms. The second kappa shape index (κ2) is 5.31. The number of hydrogen-bond donors (Lipinski definition) is 1. The SMILES string of the molecule is CC(Nc1nc2ccc(Cl)cn2n1)c1ccccc1Cl. The number of anilines is 1. The lowest BCUT2D eigenvalue weighted by Gasteiger charge is -2.13. The average molecular weight is 307 g/mol. The topological polar surface area (TPSA) is 42.2 Å². The summed E-state index contributed by atoms with van der Waals surface area (Å²) < 4.78 is 1.64. The predicted molar refractivity (Wildman–Crippen MR) is 81.5 cm³/mol. The van der Waals surface area contributed by atoms with Crippen molar-refractivity contribution in [2.24, 2.45) is 0 Å². The van der Waals surface area contributed by atoms with Crippen molar-refractivity contribution in [1.29, 1.82) is 0 Å². The highest BCUT2D eigenvalue weighted by Gasteiger charge is 2.11. The monoisotopic (exact) mass is 306 g/mol. The molecule has 0 fully saturated rings. The lowest BCUT2D eigenvalue weighted by molar-refractivity contribution is 0.853. The summed E-state index contributed by atoms with van der Waals surface area (Å²) in [7, 11) is 0. The van der Waals surface area contributed by atoms with Crippen LogP contribution in [0.5, 0.6) is 0 Å². The Hall–Kier alpha value is -1.78. The molecule has 6 heteroatoms. The molecule has 1 atom stereocenters. The van der Waals surface area contributed by atoms with Gasteiger partial charge in [-0.05, 0) is 30.7 Å². The van der Waals surface area contributed by atoms with Gasteiger partial charge in [0.25, 0.3) is 0 Å². The van der Waals surface area contributed by atoms with Crippen LogP contribution in [0.1, 0.15) is 18.5 Å². The number of nitrogens with zero attached hydrogens (tertiary/aromatic N) is 3. The van der Waals surface area contributed by atoms with Crippen molar-refractivity contribution in [2.75, 3.05) is 5.32 Å². The number of nitrogens with one attached hydrogen (secondary N) is 1. The highest BCUT2D eigenvalue weighted by Crippen LogP contribution is 2.24. The first-order valence-electron chi connectivity index (χ1n) is 6.16. The van der Waals surface area contributed by atoms with Gasteiger partial charge in [-0.15, -0.1) is 5.10 Å². The highest BCUT2D eigenvalue weighted by molar-refractivity contribution is 6.31. The first-order chi connectivity index (χ1) is 9.63. The molecule has 4 nitrogen and oxygen atoms in total. The molecule has 1 N–H and O–H groups in total. The summed E-state index contributed by atoms with van der Waals surface area (Å²) in [6, 6.07) is 11.3. The van der Waals surface area contributed by atoms with E-state index in [0.717, 1.165) is 16.2 Å². The molecule has 3 aromatic rings. The van der Waals surface area contributed by atoms with E-state index in [1.807, 2.05) is 37.3 Å². The normalized spacial score (nSPS) is 12.6. The molecule has 0 spiro atoms. The highest BCUT2D eigenvalue weighted by atomic mass is 35.5. The Balaban J connectivity index is 1.87. The van der Waals surface area contributed by atoms with Crippen LogP contribution in [0.4, 0.5) is 5.95 Å². The molecule has 2 heterocycles. The number of rotatable bonds is 3. The number of halogens is 2. The van der Waals surface area contributed by atoms with Crippen molar-refractivity contribution in [2.45, 2.75) is 13.0 Å². The van der Waals surface area contributed by atoms with Crippen LogP contribution in [0, 0.1) is 0 Å². The molecular weight excluding hydrogens is 295 g/mol. The van der Waals surface area contributed by atoms with Crippen molar-refractivity contribution in [3.05, 3.63) is 58.2 Å². The van der Waals surface area contributed by atoms with Gasteiger partial charge in [0, 0.05) is 11.2 Å². The molecule has 0 aliphatic rings. The summed E-state index contributed by atoms with van der Waals surface area (Å²) in [6.45, 7) is 2.01. The van der Waals surface area contributed by atoms with Gasteiger partial charge in [-0.1, -0.05) is 41.4 Å². The molecule has 0 saturated carbocycles. The maximum atomic E-state index is 6.18. The van der Waals surface area contributed by atoms with Crippen molar-refractivity contribution in [3.8, 4) is 0 Å². The number of pyridine rings is 1. The maximum Gasteiger partial charge on any atom is 0.243 e. The maximum absolute atomic E-state index is 6.18. The minimum atomic E-state index is 0.0107. The Morgan fingerprint density at radius 3 is 2.75 bits per heavy atom. The Morgan fingerprint density at radius 1 is 1.15 bits per heavy atom. The fourth-order valence-corrected chi connectivity index (χ4v) is 2.47. The molecule has 0 aliphatic carbocycles. The molecule has 1 aromatic carbocycles. The molecule has 0 radical (unpaired) electrons. The van der Waals surface area contributed by atoms with E-state index in [1.165, 1.54) is 0 Å². The minimum Gasteiger partial charge on any atom is -0.346 e. The van der Waals surface area contributed by atoms with E-state index >= 15 is 0 Å². The van der Waals surface area contributed by atoms with Crippen molar-refractivity contribution in [3.63, 3.8) is 0 Å². The van der Waals surface area contributed by atoms with Crippen LogP contribution in [0.2, 0.25) is 10.0 Å². The summed E-state index contributed by atoms with van der Waals surface area (Å²) in [4.78, 5) is 4.39. The smallest absolute Gasteiger partial charge is 0.243 e. The molecular formula is C14H12Cl2N4. The number of fused-ring (bicyclic) bond motifs is 1. The van der Waals surface area contributed by atoms with Crippen LogP contribution in [0.3, 0.4) is 0 Å². The van der Waals surface area contributed by atoms with E-state index in [0.29, 0.717) is 11.0 Å². The Kier molecular flexibility index (Phi) is 3.51. The minimum absolute atomic E-state index is 0.0107. The molecule has 0 amide bonds. The molecule has 1 unspecified atom stereocenters. The third-order valence-corrected chi connectivity index (χ3v) is 3.58. The van der Waals surface area contributed by atoms with Gasteiger partial charge in [-0.25, -0.2) is 4.52 Å². The number of benzene rings is 1. The summed E-state index contributed by atoms with van der Waals surface area (Å²) in [5.74, 6) is 0.541. The third kappa shape index (κ3) is 2.57. The van der Waals surface area contributed by atoms with Gasteiger partial charge in [-0.2, -0.15) is 4.98 Å². The Labute approximate surface area is 126 Å². The van der Waals surface area contributed by atoms with E-state index in [2.05, 4.69) is 15.4 Å². The second-order valence-corrected chi connectivity index (χ2v) is 5.32. The molecule has 3 rings (SSSR count). The average Bonchev–Trinajstić information content (AvgIpc) is 2.80. The molecule has 0 aliphatic heterocycles. The fraction of sp³-hybridized carbons (Fsp3) is 0.143. The Bertz CT molecular complexity index is 754. The zero-order valence-electron chi connectivity index (χ0n) is 10.7. The van der Waals surface area contributed by atoms with Crippen LogP contribution in [0.15, 0.2) is 42.6 Å². The van der Waals surface area contributed by atoms with Gasteiger partial charge >= 0.3 is 0 Å². The zero-order chi connectivity index (χ0) is 14.1. The standard InChI is InChI=1S/C14H12Cl2N4/c1-9(11-4-2-3-5-12(11)16)17-14-18-13-7-6-10(15)8-20(13)19-14/h2-9H,1H3,(H,17,19). The van der Waals surface area contributed by atoms with E-state index in [9.17, 15) is 0 Å². The predicted octanol–water partition coefficient (Wildman–Crippen LogP) is 4.21. The third-order valence-electron chi connectivity index (χ3n) is 3.01. The van der Waals surface area contributed by atoms with Gasteiger partial charge in [0.1, 0.15) is 0 Å². The molecule has 0 saturated heterocycles. The van der Waals surface area contributed by atoms with Gasteiger partial charge in [0.2, 0.25) is 5.95 Å². The first kappa shape index (κ1) is 13.2. The lowest BCUT2D eigenvalue weighted by atomic mass is 10.1. The van der Waals surface area contributed by atoms with Crippen LogP contribution in [0.25, 0.3) is 5.65 Å². The van der Waals surface area contributed by atoms with Crippen LogP contribution >= 0.6 is 23.2 Å². The lowest BCUT2D eigenvalue weighted by Crippen LogP contribution is -2.08. The van der Waals surface area contributed by atoms with Crippen molar-refractivity contribution < 1.29 is 0 Å². The molecule has 2 aromatic heterocycles. The van der Waals surface area contributed by atoms with E-state index in [-0.39, 0.29) is 6.04 Å². The summed E-state index contributed by atoms with van der Waals surface area (Å²) >= 11 is 12.1. The van der Waals surface area contributed by atoms with Crippen LogP contribution < -0.4 is 5.32 Å². The molecule has 102 valence electrons. The first-order valence-corrected chi connectivity index (χ1v) is 6.92. The summed E-state index contributed by atoms with van der Waals surface area (Å²) in [5, 5.41) is 8.91. The number of aromatic nitrogens is 3. The second-order valence-electron chi connectivity index (χ2n) is 4.47. The van der Waals surface area contributed by atoms with Gasteiger partial charge in [0.05, 0.1) is 11.1 Å². The van der Waals surface area contributed by atoms with E-state index in [1.54, 1.807) is 16.8 Å². The molecule has 0 bridgehead atoms. The van der Waals surface area contributed by atoms with Crippen molar-refractivity contribution >= 4 is 34.8 Å². The largest absolute Gasteiger partial charge is 0.346 e. The van der Waals surface area contributed by atoms with Crippen LogP contribution in [-0.2, 0) is 0 Å². The van der Waals surface area contributed by atoms with Gasteiger partial charge in [-0.3, -0.25) is 0 Å². The van der Waals surface area contributed by atoms with E-state index in [4.69, 9.17) is 23.2 Å². The number of hydrogen-bond acceptors (Lipinski definition) is 3. The van der Waals surface area contributed by atoms with Crippen LogP contribution in [-0.4, -0.2) is 14.6 Å². The van der Waals surface area contributed by atoms with Gasteiger partial charge in [0.15, 0.2) is 5.65 Å². The quantitative estimate of drug-likeness (QED) is 0.788. The fourth-order valence-electron chi connectivity index (χ4n) is 2.02. The van der Waals surface area contributed by atoms with E-state index < -0.39 is 0 Å². The van der Waals surface area contributed by atoms with Crippen molar-refractivity contribution in [1.82, 2.24) is 14.6 Å². The summed E-state index contributed by atoms with van der Waals surface area (Å²) in [5.41, 5.74) is 1.74. The van der Waals surface area contributed by atoms with Gasteiger partial charge < -0.3 is 5.32 Å².